The Balaban J connectivity index is 1.52. The second kappa shape index (κ2) is 9.54. The summed E-state index contributed by atoms with van der Waals surface area (Å²) in [4.78, 5) is 33.7. The van der Waals surface area contributed by atoms with Crippen molar-refractivity contribution in [3.8, 4) is 0 Å². The van der Waals surface area contributed by atoms with Crippen LogP contribution in [0, 0.1) is 19.8 Å². The van der Waals surface area contributed by atoms with Gasteiger partial charge in [-0.05, 0) is 57.7 Å². The SMILES string of the molecule is CSc1cccc(NC(=O)C2CCCN(CC(=O)Nc3nc(C)c(C)s3)C2)c1. The summed E-state index contributed by atoms with van der Waals surface area (Å²) in [5, 5.41) is 6.53. The predicted octanol–water partition coefficient (Wildman–Crippen LogP) is 3.77. The number of aromatic nitrogens is 1. The van der Waals surface area contributed by atoms with E-state index in [1.165, 1.54) is 11.3 Å². The zero-order chi connectivity index (χ0) is 20.1. The van der Waals surface area contributed by atoms with Gasteiger partial charge in [0.15, 0.2) is 5.13 Å². The lowest BCUT2D eigenvalue weighted by Crippen LogP contribution is -2.43. The summed E-state index contributed by atoms with van der Waals surface area (Å²) >= 11 is 3.13. The van der Waals surface area contributed by atoms with E-state index in [9.17, 15) is 9.59 Å². The van der Waals surface area contributed by atoms with Gasteiger partial charge in [-0.1, -0.05) is 6.07 Å². The molecular formula is C20H26N4O2S2. The third-order valence-corrected chi connectivity index (χ3v) is 6.57. The number of hydrogen-bond acceptors (Lipinski definition) is 6. The quantitative estimate of drug-likeness (QED) is 0.699. The Morgan fingerprint density at radius 2 is 2.14 bits per heavy atom. The van der Waals surface area contributed by atoms with Gasteiger partial charge in [0.25, 0.3) is 0 Å². The summed E-state index contributed by atoms with van der Waals surface area (Å²) in [7, 11) is 0. The van der Waals surface area contributed by atoms with E-state index in [0.29, 0.717) is 11.7 Å². The van der Waals surface area contributed by atoms with Crippen molar-refractivity contribution in [1.82, 2.24) is 9.88 Å². The molecule has 6 nitrogen and oxygen atoms in total. The second-order valence-electron chi connectivity index (χ2n) is 7.00. The van der Waals surface area contributed by atoms with Crippen molar-refractivity contribution in [3.63, 3.8) is 0 Å². The highest BCUT2D eigenvalue weighted by Crippen LogP contribution is 2.23. The molecule has 1 saturated heterocycles. The maximum atomic E-state index is 12.7. The Morgan fingerprint density at radius 1 is 1.32 bits per heavy atom. The first kappa shape index (κ1) is 20.8. The van der Waals surface area contributed by atoms with E-state index in [1.54, 1.807) is 11.8 Å². The predicted molar refractivity (Wildman–Crippen MR) is 116 cm³/mol. The molecule has 1 fully saturated rings. The number of carbonyl (C=O) groups is 2. The molecule has 2 amide bonds. The van der Waals surface area contributed by atoms with Gasteiger partial charge in [0.1, 0.15) is 0 Å². The molecule has 150 valence electrons. The number of thiazole rings is 1. The highest BCUT2D eigenvalue weighted by Gasteiger charge is 2.27. The molecular weight excluding hydrogens is 392 g/mol. The molecule has 2 aromatic rings. The van der Waals surface area contributed by atoms with Gasteiger partial charge in [-0.3, -0.25) is 14.5 Å². The molecule has 0 spiro atoms. The van der Waals surface area contributed by atoms with E-state index in [4.69, 9.17) is 0 Å². The molecule has 1 atom stereocenters. The summed E-state index contributed by atoms with van der Waals surface area (Å²) in [6, 6.07) is 7.85. The largest absolute Gasteiger partial charge is 0.326 e. The first-order chi connectivity index (χ1) is 13.4. The van der Waals surface area contributed by atoms with E-state index >= 15 is 0 Å². The number of anilines is 2. The standard InChI is InChI=1S/C20H26N4O2S2/c1-13-14(2)28-20(21-13)23-18(25)12-24-9-5-6-15(11-24)19(26)22-16-7-4-8-17(10-16)27-3/h4,7-8,10,15H,5-6,9,11-12H2,1-3H3,(H,22,26)(H,21,23,25). The van der Waals surface area contributed by atoms with Crippen LogP contribution in [0.2, 0.25) is 0 Å². The molecule has 0 bridgehead atoms. The first-order valence-electron chi connectivity index (χ1n) is 9.35. The van der Waals surface area contributed by atoms with Gasteiger partial charge in [0.2, 0.25) is 11.8 Å². The van der Waals surface area contributed by atoms with Crippen LogP contribution in [-0.4, -0.2) is 47.6 Å². The van der Waals surface area contributed by atoms with Gasteiger partial charge in [0, 0.05) is 22.0 Å². The van der Waals surface area contributed by atoms with Gasteiger partial charge in [0.05, 0.1) is 18.2 Å². The minimum atomic E-state index is -0.108. The highest BCUT2D eigenvalue weighted by atomic mass is 32.2. The molecule has 2 heterocycles. The van der Waals surface area contributed by atoms with Crippen LogP contribution >= 0.6 is 23.1 Å². The third-order valence-electron chi connectivity index (χ3n) is 4.86. The smallest absolute Gasteiger partial charge is 0.240 e. The number of rotatable bonds is 6. The Bertz CT molecular complexity index is 833. The number of amides is 2. The summed E-state index contributed by atoms with van der Waals surface area (Å²) in [6.07, 6.45) is 3.77. The fourth-order valence-electron chi connectivity index (χ4n) is 3.25. The summed E-state index contributed by atoms with van der Waals surface area (Å²) in [5.41, 5.74) is 1.77. The van der Waals surface area contributed by atoms with E-state index in [2.05, 4.69) is 20.5 Å². The third kappa shape index (κ3) is 5.56. The van der Waals surface area contributed by atoms with Crippen molar-refractivity contribution in [2.45, 2.75) is 31.6 Å². The van der Waals surface area contributed by atoms with Crippen LogP contribution in [0.1, 0.15) is 23.4 Å². The van der Waals surface area contributed by atoms with Crippen LogP contribution in [-0.2, 0) is 9.59 Å². The number of benzene rings is 1. The lowest BCUT2D eigenvalue weighted by molar-refractivity contribution is -0.123. The van der Waals surface area contributed by atoms with Crippen molar-refractivity contribution in [2.75, 3.05) is 36.5 Å². The number of thioether (sulfide) groups is 1. The van der Waals surface area contributed by atoms with Crippen LogP contribution in [0.15, 0.2) is 29.2 Å². The van der Waals surface area contributed by atoms with Crippen molar-refractivity contribution < 1.29 is 9.59 Å². The number of carbonyl (C=O) groups excluding carboxylic acids is 2. The first-order valence-corrected chi connectivity index (χ1v) is 11.4. The van der Waals surface area contributed by atoms with Gasteiger partial charge >= 0.3 is 0 Å². The number of nitrogens with zero attached hydrogens (tertiary/aromatic N) is 2. The molecule has 1 aliphatic heterocycles. The average Bonchev–Trinajstić information content (AvgIpc) is 2.98. The molecule has 0 saturated carbocycles. The Kier molecular flexibility index (Phi) is 7.09. The Labute approximate surface area is 174 Å². The number of aryl methyl sites for hydroxylation is 2. The van der Waals surface area contributed by atoms with Crippen molar-refractivity contribution in [2.24, 2.45) is 5.92 Å². The van der Waals surface area contributed by atoms with E-state index in [0.717, 1.165) is 40.5 Å². The van der Waals surface area contributed by atoms with E-state index in [-0.39, 0.29) is 24.3 Å². The number of nitrogens with one attached hydrogen (secondary N) is 2. The molecule has 2 N–H and O–H groups in total. The van der Waals surface area contributed by atoms with E-state index < -0.39 is 0 Å². The molecule has 0 radical (unpaired) electrons. The molecule has 28 heavy (non-hydrogen) atoms. The minimum Gasteiger partial charge on any atom is -0.326 e. The minimum absolute atomic E-state index is 0.0227. The number of likely N-dealkylation sites (tertiary alicyclic amines) is 1. The highest BCUT2D eigenvalue weighted by molar-refractivity contribution is 7.98. The zero-order valence-corrected chi connectivity index (χ0v) is 18.1. The van der Waals surface area contributed by atoms with Crippen molar-refractivity contribution in [3.05, 3.63) is 34.8 Å². The van der Waals surface area contributed by atoms with Gasteiger partial charge in [-0.2, -0.15) is 0 Å². The second-order valence-corrected chi connectivity index (χ2v) is 9.09. The number of piperidine rings is 1. The van der Waals surface area contributed by atoms with Gasteiger partial charge < -0.3 is 10.6 Å². The molecule has 1 aromatic heterocycles. The van der Waals surface area contributed by atoms with Crippen molar-refractivity contribution in [1.29, 1.82) is 0 Å². The molecule has 1 aliphatic rings. The van der Waals surface area contributed by atoms with E-state index in [1.807, 2.05) is 44.4 Å². The Hall–Kier alpha value is -1.90. The number of hydrogen-bond donors (Lipinski definition) is 2. The summed E-state index contributed by atoms with van der Waals surface area (Å²) in [6.45, 7) is 5.63. The molecule has 1 aromatic carbocycles. The maximum absolute atomic E-state index is 12.7. The topological polar surface area (TPSA) is 74.3 Å². The fraction of sp³-hybridized carbons (Fsp3) is 0.450. The molecule has 0 aliphatic carbocycles. The lowest BCUT2D eigenvalue weighted by atomic mass is 9.97. The summed E-state index contributed by atoms with van der Waals surface area (Å²) < 4.78 is 0. The van der Waals surface area contributed by atoms with Crippen LogP contribution < -0.4 is 10.6 Å². The molecule has 3 rings (SSSR count). The fourth-order valence-corrected chi connectivity index (χ4v) is 4.54. The van der Waals surface area contributed by atoms with Gasteiger partial charge in [-0.25, -0.2) is 4.98 Å². The Morgan fingerprint density at radius 3 is 2.86 bits per heavy atom. The summed E-state index contributed by atoms with van der Waals surface area (Å²) in [5.74, 6) is -0.166. The van der Waals surface area contributed by atoms with Crippen LogP contribution in [0.25, 0.3) is 0 Å². The lowest BCUT2D eigenvalue weighted by Gasteiger charge is -2.31. The normalized spacial score (nSPS) is 17.3. The van der Waals surface area contributed by atoms with Crippen LogP contribution in [0.3, 0.4) is 0 Å². The molecule has 1 unspecified atom stereocenters. The zero-order valence-electron chi connectivity index (χ0n) is 16.4. The monoisotopic (exact) mass is 418 g/mol. The van der Waals surface area contributed by atoms with Gasteiger partial charge in [-0.15, -0.1) is 23.1 Å². The maximum Gasteiger partial charge on any atom is 0.240 e. The van der Waals surface area contributed by atoms with Crippen LogP contribution in [0.5, 0.6) is 0 Å². The average molecular weight is 419 g/mol. The molecule has 8 heteroatoms. The van der Waals surface area contributed by atoms with Crippen molar-refractivity contribution >= 4 is 45.7 Å². The van der Waals surface area contributed by atoms with Crippen LogP contribution in [0.4, 0.5) is 10.8 Å².